The first-order valence-corrected chi connectivity index (χ1v) is 5.65. The summed E-state index contributed by atoms with van der Waals surface area (Å²) < 4.78 is 1.14. The summed E-state index contributed by atoms with van der Waals surface area (Å²) in [5.41, 5.74) is 0.675. The molecule has 1 N–H and O–H groups in total. The molecule has 0 spiro atoms. The van der Waals surface area contributed by atoms with Gasteiger partial charge >= 0.3 is 95.4 Å². The zero-order chi connectivity index (χ0) is 11.1. The summed E-state index contributed by atoms with van der Waals surface area (Å²) in [5, 5.41) is 8.70. The maximum absolute atomic E-state index is 10.9. The van der Waals surface area contributed by atoms with Crippen molar-refractivity contribution < 1.29 is 29.3 Å². The summed E-state index contributed by atoms with van der Waals surface area (Å²) in [6.07, 6.45) is 3.67. The number of carbonyl (C=O) groups is 1. The molecule has 0 rings (SSSR count). The van der Waals surface area contributed by atoms with Crippen molar-refractivity contribution in [3.05, 3.63) is 24.3 Å². The Kier molecular flexibility index (Phi) is 6.59. The van der Waals surface area contributed by atoms with Crippen molar-refractivity contribution in [2.75, 3.05) is 20.2 Å². The predicted octanol–water partition coefficient (Wildman–Crippen LogP) is 0.289. The molecule has 0 saturated heterocycles. The summed E-state index contributed by atoms with van der Waals surface area (Å²) >= 11 is 1.31. The van der Waals surface area contributed by atoms with E-state index in [1.54, 1.807) is 24.9 Å². The SMILES string of the molecule is C=C(/C=C\[C](=[W])CN(C)C(C)=O)CO. The number of aliphatic hydroxyl groups excluding tert-OH is 1. The number of aliphatic hydroxyl groups is 1. The second kappa shape index (κ2) is 6.85. The first-order valence-electron chi connectivity index (χ1n) is 4.18. The van der Waals surface area contributed by atoms with Crippen LogP contribution >= 0.6 is 0 Å². The number of hydrogen-bond acceptors (Lipinski definition) is 2. The third-order valence-electron chi connectivity index (χ3n) is 1.64. The third-order valence-corrected chi connectivity index (χ3v) is 2.59. The number of amides is 1. The molecule has 78 valence electrons. The first-order chi connectivity index (χ1) is 6.47. The number of carbonyl (C=O) groups excluding carboxylic acids is 1. The molecule has 1 amide bonds. The van der Waals surface area contributed by atoms with Gasteiger partial charge in [0.2, 0.25) is 0 Å². The molecule has 3 nitrogen and oxygen atoms in total. The Labute approximate surface area is 95.5 Å². The van der Waals surface area contributed by atoms with Crippen LogP contribution < -0.4 is 0 Å². The summed E-state index contributed by atoms with van der Waals surface area (Å²) in [6.45, 7) is 5.79. The molecule has 0 aromatic rings. The second-order valence-electron chi connectivity index (χ2n) is 2.99. The van der Waals surface area contributed by atoms with Gasteiger partial charge in [-0.15, -0.1) is 0 Å². The average molecular weight is 365 g/mol. The fraction of sp³-hybridized carbons (Fsp3) is 0.400. The van der Waals surface area contributed by atoms with Crippen LogP contribution in [-0.2, 0) is 24.1 Å². The van der Waals surface area contributed by atoms with E-state index in [0.717, 1.165) is 3.90 Å². The van der Waals surface area contributed by atoms with Crippen LogP contribution in [0.3, 0.4) is 0 Å². The fourth-order valence-corrected chi connectivity index (χ4v) is 1.60. The van der Waals surface area contributed by atoms with E-state index >= 15 is 0 Å². The average Bonchev–Trinajstić information content (AvgIpc) is 2.13. The quantitative estimate of drug-likeness (QED) is 0.712. The molecule has 14 heavy (non-hydrogen) atoms. The van der Waals surface area contributed by atoms with Crippen LogP contribution in [0.1, 0.15) is 6.92 Å². The molecule has 0 aromatic carbocycles. The van der Waals surface area contributed by atoms with Crippen molar-refractivity contribution >= 4 is 9.81 Å². The van der Waals surface area contributed by atoms with E-state index in [9.17, 15) is 4.79 Å². The monoisotopic (exact) mass is 365 g/mol. The predicted molar refractivity (Wildman–Crippen MR) is 53.7 cm³/mol. The molecule has 4 heteroatoms. The van der Waals surface area contributed by atoms with Crippen LogP contribution in [0.5, 0.6) is 0 Å². The topological polar surface area (TPSA) is 40.5 Å². The molecule has 0 saturated carbocycles. The number of hydrogen-bond donors (Lipinski definition) is 1. The molecule has 0 atom stereocenters. The van der Waals surface area contributed by atoms with Crippen LogP contribution in [0.25, 0.3) is 0 Å². The van der Waals surface area contributed by atoms with Crippen LogP contribution in [0, 0.1) is 0 Å². The zero-order valence-electron chi connectivity index (χ0n) is 8.49. The fourth-order valence-electron chi connectivity index (χ4n) is 0.661. The first kappa shape index (κ1) is 13.5. The van der Waals surface area contributed by atoms with Gasteiger partial charge in [-0.05, 0) is 0 Å². The van der Waals surface area contributed by atoms with Crippen LogP contribution in [-0.4, -0.2) is 40.0 Å². The van der Waals surface area contributed by atoms with E-state index in [1.807, 2.05) is 6.08 Å². The van der Waals surface area contributed by atoms with Gasteiger partial charge < -0.3 is 0 Å². The van der Waals surface area contributed by atoms with Gasteiger partial charge in [-0.25, -0.2) is 0 Å². The molecule has 0 unspecified atom stereocenters. The van der Waals surface area contributed by atoms with Crippen LogP contribution in [0.4, 0.5) is 0 Å². The van der Waals surface area contributed by atoms with Crippen LogP contribution in [0.15, 0.2) is 24.3 Å². The normalized spacial score (nSPS) is 10.2. The van der Waals surface area contributed by atoms with E-state index in [4.69, 9.17) is 5.11 Å². The van der Waals surface area contributed by atoms with E-state index in [1.165, 1.54) is 19.4 Å². The molecular formula is C10H15NO2W. The number of rotatable bonds is 5. The van der Waals surface area contributed by atoms with E-state index < -0.39 is 0 Å². The van der Waals surface area contributed by atoms with Crippen molar-refractivity contribution in [1.82, 2.24) is 4.90 Å². The minimum absolute atomic E-state index is 0.0261. The van der Waals surface area contributed by atoms with Gasteiger partial charge in [0.25, 0.3) is 0 Å². The Balaban J connectivity index is 4.05. The maximum atomic E-state index is 10.9. The molecule has 0 aliphatic rings. The molecule has 0 aliphatic heterocycles. The van der Waals surface area contributed by atoms with Gasteiger partial charge in [0, 0.05) is 0 Å². The number of nitrogens with zero attached hydrogens (tertiary/aromatic N) is 1. The van der Waals surface area contributed by atoms with Gasteiger partial charge in [-0.2, -0.15) is 0 Å². The Morgan fingerprint density at radius 1 is 1.57 bits per heavy atom. The van der Waals surface area contributed by atoms with Crippen molar-refractivity contribution in [1.29, 1.82) is 0 Å². The Bertz CT molecular complexity index is 271. The summed E-state index contributed by atoms with van der Waals surface area (Å²) in [7, 11) is 1.76. The van der Waals surface area contributed by atoms with Gasteiger partial charge in [0.05, 0.1) is 0 Å². The standard InChI is InChI=1S/C10H15NO2.W/c1-9(8-12)6-4-5-7-11(3)10(2)13;/h4,6,12H,1,7-8H2,2-3H3;/b6-4-;. The molecule has 0 radical (unpaired) electrons. The summed E-state index contributed by atoms with van der Waals surface area (Å²) in [6, 6.07) is 0. The van der Waals surface area contributed by atoms with Crippen molar-refractivity contribution in [2.24, 2.45) is 0 Å². The van der Waals surface area contributed by atoms with E-state index in [2.05, 4.69) is 6.58 Å². The molecule has 0 bridgehead atoms. The summed E-state index contributed by atoms with van der Waals surface area (Å²) in [5.74, 6) is 0.0538. The second-order valence-corrected chi connectivity index (χ2v) is 4.88. The minimum atomic E-state index is -0.0261. The Morgan fingerprint density at radius 2 is 2.14 bits per heavy atom. The van der Waals surface area contributed by atoms with Crippen molar-refractivity contribution in [3.63, 3.8) is 0 Å². The molecule has 0 aliphatic carbocycles. The molecular weight excluding hydrogens is 350 g/mol. The van der Waals surface area contributed by atoms with Crippen LogP contribution in [0.2, 0.25) is 0 Å². The molecule has 0 fully saturated rings. The Morgan fingerprint density at radius 3 is 2.57 bits per heavy atom. The van der Waals surface area contributed by atoms with Gasteiger partial charge in [-0.1, -0.05) is 0 Å². The zero-order valence-corrected chi connectivity index (χ0v) is 11.4. The van der Waals surface area contributed by atoms with Gasteiger partial charge in [0.1, 0.15) is 0 Å². The van der Waals surface area contributed by atoms with Gasteiger partial charge in [-0.3, -0.25) is 0 Å². The van der Waals surface area contributed by atoms with Crippen molar-refractivity contribution in [3.8, 4) is 0 Å². The third kappa shape index (κ3) is 6.00. The Hall–Kier alpha value is -0.532. The summed E-state index contributed by atoms with van der Waals surface area (Å²) in [4.78, 5) is 12.6. The van der Waals surface area contributed by atoms with E-state index in [0.29, 0.717) is 12.1 Å². The molecule has 0 heterocycles. The molecule has 0 aromatic heterocycles. The van der Waals surface area contributed by atoms with E-state index in [-0.39, 0.29) is 12.5 Å². The van der Waals surface area contributed by atoms with Crippen molar-refractivity contribution in [2.45, 2.75) is 6.92 Å². The van der Waals surface area contributed by atoms with Gasteiger partial charge in [0.15, 0.2) is 0 Å².